The van der Waals surface area contributed by atoms with Gasteiger partial charge in [-0.15, -0.1) is 0 Å². The van der Waals surface area contributed by atoms with Crippen molar-refractivity contribution in [3.05, 3.63) is 0 Å². The van der Waals surface area contributed by atoms with Crippen LogP contribution in [0.25, 0.3) is 0 Å². The van der Waals surface area contributed by atoms with Gasteiger partial charge in [0.1, 0.15) is 0 Å². The zero-order valence-corrected chi connectivity index (χ0v) is 11.7. The number of likely N-dealkylation sites (N-methyl/N-ethyl adjacent to an activating group) is 1. The van der Waals surface area contributed by atoms with Crippen molar-refractivity contribution in [1.29, 1.82) is 0 Å². The molecule has 0 unspecified atom stereocenters. The molecule has 3 nitrogen and oxygen atoms in total. The van der Waals surface area contributed by atoms with Gasteiger partial charge in [0.25, 0.3) is 0 Å². The van der Waals surface area contributed by atoms with Crippen molar-refractivity contribution in [3.8, 4) is 0 Å². The van der Waals surface area contributed by atoms with Crippen molar-refractivity contribution >= 4 is 0 Å². The maximum atomic E-state index is 2.73. The molecule has 3 heteroatoms. The molecule has 2 heterocycles. The first-order valence-electron chi connectivity index (χ1n) is 7.44. The zero-order chi connectivity index (χ0) is 12.1. The molecule has 2 aliphatic heterocycles. The molecule has 0 saturated carbocycles. The van der Waals surface area contributed by atoms with E-state index in [-0.39, 0.29) is 0 Å². The Kier molecular flexibility index (Phi) is 5.26. The van der Waals surface area contributed by atoms with E-state index in [0.29, 0.717) is 0 Å². The normalized spacial score (nSPS) is 26.5. The number of piperidine rings is 1. The van der Waals surface area contributed by atoms with Crippen LogP contribution in [0, 0.1) is 0 Å². The van der Waals surface area contributed by atoms with E-state index in [2.05, 4.69) is 28.7 Å². The topological polar surface area (TPSA) is 9.72 Å². The first-order valence-corrected chi connectivity index (χ1v) is 7.44. The van der Waals surface area contributed by atoms with Crippen molar-refractivity contribution in [1.82, 2.24) is 14.7 Å². The predicted octanol–water partition coefficient (Wildman–Crippen LogP) is 1.50. The lowest BCUT2D eigenvalue weighted by Crippen LogP contribution is -2.52. The average Bonchev–Trinajstić information content (AvgIpc) is 2.38. The molecule has 0 amide bonds. The maximum Gasteiger partial charge on any atom is 0.0121 e. The average molecular weight is 239 g/mol. The number of nitrogens with zero attached hydrogens (tertiary/aromatic N) is 3. The fraction of sp³-hybridized carbons (Fsp3) is 1.00. The third-order valence-corrected chi connectivity index (χ3v) is 4.44. The molecule has 0 N–H and O–H groups in total. The van der Waals surface area contributed by atoms with Crippen molar-refractivity contribution < 1.29 is 0 Å². The molecule has 0 radical (unpaired) electrons. The molecule has 2 saturated heterocycles. The number of piperazine rings is 1. The summed E-state index contributed by atoms with van der Waals surface area (Å²) in [6.07, 6.45) is 5.50. The molecular weight excluding hydrogens is 210 g/mol. The van der Waals surface area contributed by atoms with Crippen LogP contribution >= 0.6 is 0 Å². The van der Waals surface area contributed by atoms with E-state index in [4.69, 9.17) is 0 Å². The summed E-state index contributed by atoms with van der Waals surface area (Å²) in [5, 5.41) is 0. The van der Waals surface area contributed by atoms with Gasteiger partial charge >= 0.3 is 0 Å². The van der Waals surface area contributed by atoms with E-state index in [1.807, 2.05) is 0 Å². The summed E-state index contributed by atoms with van der Waals surface area (Å²) in [4.78, 5) is 7.85. The van der Waals surface area contributed by atoms with E-state index in [1.54, 1.807) is 0 Å². The molecule has 2 rings (SSSR count). The minimum absolute atomic E-state index is 0.876. The number of rotatable bonds is 4. The fourth-order valence-electron chi connectivity index (χ4n) is 3.08. The van der Waals surface area contributed by atoms with Crippen molar-refractivity contribution in [3.63, 3.8) is 0 Å². The van der Waals surface area contributed by atoms with Gasteiger partial charge in [0.15, 0.2) is 0 Å². The molecule has 0 bridgehead atoms. The van der Waals surface area contributed by atoms with Crippen LogP contribution in [-0.2, 0) is 0 Å². The molecule has 0 aromatic heterocycles. The first kappa shape index (κ1) is 13.3. The van der Waals surface area contributed by atoms with Gasteiger partial charge in [0.2, 0.25) is 0 Å². The predicted molar refractivity (Wildman–Crippen MR) is 73.4 cm³/mol. The Morgan fingerprint density at radius 1 is 0.941 bits per heavy atom. The summed E-state index contributed by atoms with van der Waals surface area (Å²) in [7, 11) is 2.24. The quantitative estimate of drug-likeness (QED) is 0.736. The Morgan fingerprint density at radius 2 is 1.59 bits per heavy atom. The van der Waals surface area contributed by atoms with Crippen LogP contribution in [0.5, 0.6) is 0 Å². The molecule has 2 fully saturated rings. The minimum atomic E-state index is 0.876. The highest BCUT2D eigenvalue weighted by molar-refractivity contribution is 4.82. The van der Waals surface area contributed by atoms with Crippen LogP contribution in [-0.4, -0.2) is 73.6 Å². The third kappa shape index (κ3) is 3.94. The summed E-state index contributed by atoms with van der Waals surface area (Å²) in [5.41, 5.74) is 0. The summed E-state index contributed by atoms with van der Waals surface area (Å²) in [6.45, 7) is 11.4. The van der Waals surface area contributed by atoms with E-state index in [0.717, 1.165) is 6.04 Å². The standard InChI is InChI=1S/C14H29N3/c1-3-4-7-16-8-5-14(6-9-16)17-12-10-15(2)11-13-17/h14H,3-13H2,1-2H3. The summed E-state index contributed by atoms with van der Waals surface area (Å²) in [6, 6.07) is 0.876. The monoisotopic (exact) mass is 239 g/mol. The van der Waals surface area contributed by atoms with Crippen LogP contribution in [0.15, 0.2) is 0 Å². The van der Waals surface area contributed by atoms with Crippen molar-refractivity contribution in [2.75, 3.05) is 52.9 Å². The second-order valence-corrected chi connectivity index (χ2v) is 5.77. The number of hydrogen-bond donors (Lipinski definition) is 0. The van der Waals surface area contributed by atoms with Gasteiger partial charge in [0.05, 0.1) is 0 Å². The zero-order valence-electron chi connectivity index (χ0n) is 11.7. The van der Waals surface area contributed by atoms with Gasteiger partial charge in [-0.2, -0.15) is 0 Å². The second kappa shape index (κ2) is 6.72. The molecule has 100 valence electrons. The highest BCUT2D eigenvalue weighted by Crippen LogP contribution is 2.18. The second-order valence-electron chi connectivity index (χ2n) is 5.77. The van der Waals surface area contributed by atoms with Crippen LogP contribution in [0.3, 0.4) is 0 Å². The lowest BCUT2D eigenvalue weighted by Gasteiger charge is -2.42. The molecule has 0 atom stereocenters. The Bertz CT molecular complexity index is 204. The molecular formula is C14H29N3. The van der Waals surface area contributed by atoms with Crippen LogP contribution in [0.1, 0.15) is 32.6 Å². The molecule has 17 heavy (non-hydrogen) atoms. The summed E-state index contributed by atoms with van der Waals surface area (Å²) < 4.78 is 0. The Balaban J connectivity index is 1.68. The van der Waals surface area contributed by atoms with Gasteiger partial charge in [-0.25, -0.2) is 0 Å². The van der Waals surface area contributed by atoms with E-state index >= 15 is 0 Å². The molecule has 2 aliphatic rings. The van der Waals surface area contributed by atoms with E-state index in [9.17, 15) is 0 Å². The Morgan fingerprint density at radius 3 is 2.18 bits per heavy atom. The molecule has 0 aromatic rings. The lowest BCUT2D eigenvalue weighted by atomic mass is 10.0. The van der Waals surface area contributed by atoms with Gasteiger partial charge in [0, 0.05) is 32.2 Å². The number of unbranched alkanes of at least 4 members (excludes halogenated alkanes) is 1. The van der Waals surface area contributed by atoms with E-state index in [1.165, 1.54) is 71.5 Å². The minimum Gasteiger partial charge on any atom is -0.304 e. The Labute approximate surface area is 107 Å². The highest BCUT2D eigenvalue weighted by Gasteiger charge is 2.26. The van der Waals surface area contributed by atoms with Crippen LogP contribution < -0.4 is 0 Å². The lowest BCUT2D eigenvalue weighted by molar-refractivity contribution is 0.0674. The van der Waals surface area contributed by atoms with Crippen molar-refractivity contribution in [2.45, 2.75) is 38.6 Å². The van der Waals surface area contributed by atoms with Gasteiger partial charge < -0.3 is 9.80 Å². The molecule has 0 spiro atoms. The third-order valence-electron chi connectivity index (χ3n) is 4.44. The van der Waals surface area contributed by atoms with Gasteiger partial charge in [-0.05, 0) is 45.9 Å². The maximum absolute atomic E-state index is 2.73. The van der Waals surface area contributed by atoms with Crippen LogP contribution in [0.4, 0.5) is 0 Å². The first-order chi connectivity index (χ1) is 8.29. The largest absolute Gasteiger partial charge is 0.304 e. The smallest absolute Gasteiger partial charge is 0.0121 e. The Hall–Kier alpha value is -0.120. The molecule has 0 aliphatic carbocycles. The highest BCUT2D eigenvalue weighted by atomic mass is 15.3. The van der Waals surface area contributed by atoms with Gasteiger partial charge in [-0.1, -0.05) is 13.3 Å². The molecule has 0 aromatic carbocycles. The summed E-state index contributed by atoms with van der Waals surface area (Å²) >= 11 is 0. The van der Waals surface area contributed by atoms with E-state index < -0.39 is 0 Å². The SMILES string of the molecule is CCCCN1CCC(N2CCN(C)CC2)CC1. The fourth-order valence-corrected chi connectivity index (χ4v) is 3.08. The number of hydrogen-bond acceptors (Lipinski definition) is 3. The summed E-state index contributed by atoms with van der Waals surface area (Å²) in [5.74, 6) is 0. The van der Waals surface area contributed by atoms with Gasteiger partial charge in [-0.3, -0.25) is 4.90 Å². The number of likely N-dealkylation sites (tertiary alicyclic amines) is 1. The van der Waals surface area contributed by atoms with Crippen LogP contribution in [0.2, 0.25) is 0 Å². The van der Waals surface area contributed by atoms with Crippen molar-refractivity contribution in [2.24, 2.45) is 0 Å².